The molecule has 182 valence electrons. The van der Waals surface area contributed by atoms with Crippen LogP contribution >= 0.6 is 11.6 Å². The predicted octanol–water partition coefficient (Wildman–Crippen LogP) is 2.76. The summed E-state index contributed by atoms with van der Waals surface area (Å²) in [4.78, 5) is 0. The average Bonchev–Trinajstić information content (AvgIpc) is 3.15. The summed E-state index contributed by atoms with van der Waals surface area (Å²) < 4.78 is 30.8. The number of hydrogen-bond acceptors (Lipinski definition) is 2. The van der Waals surface area contributed by atoms with E-state index in [2.05, 4.69) is 11.5 Å². The second-order valence-electron chi connectivity index (χ2n) is 8.37. The van der Waals surface area contributed by atoms with Gasteiger partial charge in [-0.15, -0.1) is 15.6 Å². The van der Waals surface area contributed by atoms with E-state index in [1.165, 1.54) is 59.6 Å². The summed E-state index contributed by atoms with van der Waals surface area (Å²) in [6.45, 7) is 3.03. The lowest BCUT2D eigenvalue weighted by Gasteiger charge is -2.11. The molecular weight excluding hydrogens is 465 g/mol. The minimum Gasteiger partial charge on any atom is -1.00 e. The van der Waals surface area contributed by atoms with Crippen molar-refractivity contribution in [3.8, 4) is 11.4 Å². The summed E-state index contributed by atoms with van der Waals surface area (Å²) in [5.74, 6) is 0.804. The van der Waals surface area contributed by atoms with Gasteiger partial charge >= 0.3 is 16.0 Å². The summed E-state index contributed by atoms with van der Waals surface area (Å²) in [6, 6.07) is 9.70. The number of aromatic nitrogens is 2. The van der Waals surface area contributed by atoms with Gasteiger partial charge in [0.1, 0.15) is 6.20 Å². The molecule has 0 saturated carbocycles. The molecule has 0 bridgehead atoms. The van der Waals surface area contributed by atoms with Crippen molar-refractivity contribution >= 4 is 21.8 Å². The van der Waals surface area contributed by atoms with E-state index in [0.29, 0.717) is 11.5 Å². The molecule has 1 heterocycles. The van der Waals surface area contributed by atoms with Gasteiger partial charge in [0.25, 0.3) is 0 Å². The molecule has 5 nitrogen and oxygen atoms in total. The number of benzene rings is 1. The largest absolute Gasteiger partial charge is 1.00 e. The molecule has 0 atom stereocenters. The summed E-state index contributed by atoms with van der Waals surface area (Å²) in [6.07, 6.45) is 14.6. The van der Waals surface area contributed by atoms with E-state index in [0.717, 1.165) is 24.9 Å². The van der Waals surface area contributed by atoms with Crippen LogP contribution in [-0.2, 0) is 22.6 Å². The topological polar surface area (TPSA) is 46.2 Å². The van der Waals surface area contributed by atoms with E-state index >= 15 is 0 Å². The van der Waals surface area contributed by atoms with Crippen molar-refractivity contribution in [2.45, 2.75) is 83.6 Å². The fourth-order valence-electron chi connectivity index (χ4n) is 3.87. The van der Waals surface area contributed by atoms with Crippen molar-refractivity contribution < 1.29 is 25.4 Å². The van der Waals surface area contributed by atoms with Crippen LogP contribution in [0.4, 0.5) is 0 Å². The summed E-state index contributed by atoms with van der Waals surface area (Å²) >= 11 is 6.16. The first-order chi connectivity index (χ1) is 14.9. The zero-order chi connectivity index (χ0) is 22.7. The number of imidazole rings is 1. The molecule has 0 saturated heterocycles. The number of halogens is 2. The molecule has 2 aromatic rings. The van der Waals surface area contributed by atoms with Crippen LogP contribution < -0.4 is 17.0 Å². The standard InChI is InChI=1S/C24H39ClN3O2S.ClH/c1-4-5-6-7-8-9-10-11-12-16-19-27-21-23(20-25)28(31(29,30)26(2)3)24(27)22-17-14-13-15-18-22;/h13-15,17-18,21H,4-12,16,19-20H2,1-3H3;1H/q+1;/p-1. The van der Waals surface area contributed by atoms with Gasteiger partial charge in [-0.3, -0.25) is 0 Å². The molecule has 0 spiro atoms. The molecule has 0 fully saturated rings. The van der Waals surface area contributed by atoms with Crippen molar-refractivity contribution in [2.24, 2.45) is 0 Å². The van der Waals surface area contributed by atoms with Gasteiger partial charge in [-0.2, -0.15) is 12.7 Å². The minimum atomic E-state index is -3.69. The highest BCUT2D eigenvalue weighted by atomic mass is 35.5. The molecule has 0 aliphatic heterocycles. The first-order valence-corrected chi connectivity index (χ1v) is 13.5. The highest BCUT2D eigenvalue weighted by Gasteiger charge is 2.34. The van der Waals surface area contributed by atoms with Gasteiger partial charge in [-0.1, -0.05) is 76.5 Å². The Morgan fingerprint density at radius 2 is 1.44 bits per heavy atom. The molecule has 0 aliphatic carbocycles. The number of hydrogen-bond donors (Lipinski definition) is 0. The van der Waals surface area contributed by atoms with Crippen molar-refractivity contribution in [3.63, 3.8) is 0 Å². The van der Waals surface area contributed by atoms with E-state index < -0.39 is 10.2 Å². The maximum atomic E-state index is 13.1. The Labute approximate surface area is 206 Å². The molecule has 0 aliphatic rings. The number of rotatable bonds is 15. The lowest BCUT2D eigenvalue weighted by Crippen LogP contribution is -3.00. The van der Waals surface area contributed by atoms with E-state index in [1.807, 2.05) is 36.5 Å². The van der Waals surface area contributed by atoms with Crippen molar-refractivity contribution in [3.05, 3.63) is 42.2 Å². The highest BCUT2D eigenvalue weighted by molar-refractivity contribution is 7.87. The summed E-state index contributed by atoms with van der Waals surface area (Å²) in [5, 5.41) is 0. The summed E-state index contributed by atoms with van der Waals surface area (Å²) in [7, 11) is -0.585. The lowest BCUT2D eigenvalue weighted by atomic mass is 10.1. The predicted molar refractivity (Wildman–Crippen MR) is 129 cm³/mol. The molecule has 0 N–H and O–H groups in total. The third-order valence-electron chi connectivity index (χ3n) is 5.64. The Balaban J connectivity index is 0.00000512. The van der Waals surface area contributed by atoms with Crippen LogP contribution in [0.15, 0.2) is 36.5 Å². The van der Waals surface area contributed by atoms with Gasteiger partial charge in [0.15, 0.2) is 5.69 Å². The number of unbranched alkanes of at least 4 members (excludes halogenated alkanes) is 9. The second kappa shape index (κ2) is 14.9. The Bertz CT molecular complexity index is 884. The summed E-state index contributed by atoms with van der Waals surface area (Å²) in [5.41, 5.74) is 1.46. The van der Waals surface area contributed by atoms with Gasteiger partial charge in [-0.05, 0) is 25.0 Å². The lowest BCUT2D eigenvalue weighted by molar-refractivity contribution is -0.685. The van der Waals surface area contributed by atoms with E-state index in [1.54, 1.807) is 14.1 Å². The Kier molecular flexibility index (Phi) is 13.5. The molecule has 2 rings (SSSR count). The Hall–Kier alpha value is -1.08. The first kappa shape index (κ1) is 29.0. The maximum Gasteiger partial charge on any atom is 0.380 e. The van der Waals surface area contributed by atoms with E-state index in [9.17, 15) is 8.42 Å². The zero-order valence-corrected chi connectivity index (χ0v) is 22.1. The number of alkyl halides is 1. The highest BCUT2D eigenvalue weighted by Crippen LogP contribution is 2.23. The van der Waals surface area contributed by atoms with Gasteiger partial charge in [0.05, 0.1) is 18.0 Å². The van der Waals surface area contributed by atoms with Gasteiger partial charge in [-0.25, -0.2) is 4.57 Å². The van der Waals surface area contributed by atoms with Crippen LogP contribution in [0.1, 0.15) is 76.8 Å². The van der Waals surface area contributed by atoms with Crippen LogP contribution in [0.25, 0.3) is 11.4 Å². The smallest absolute Gasteiger partial charge is 0.380 e. The molecular formula is C24H39Cl2N3O2S. The third-order valence-corrected chi connectivity index (χ3v) is 7.71. The number of nitrogens with zero attached hydrogens (tertiary/aromatic N) is 3. The molecule has 0 amide bonds. The van der Waals surface area contributed by atoms with Crippen molar-refractivity contribution in [1.29, 1.82) is 0 Å². The maximum absolute atomic E-state index is 13.1. The van der Waals surface area contributed by atoms with Crippen LogP contribution in [0, 0.1) is 0 Å². The van der Waals surface area contributed by atoms with Gasteiger partial charge in [0, 0.05) is 14.1 Å². The quantitative estimate of drug-likeness (QED) is 0.213. The third kappa shape index (κ3) is 8.05. The monoisotopic (exact) mass is 503 g/mol. The van der Waals surface area contributed by atoms with Gasteiger partial charge in [0.2, 0.25) is 0 Å². The number of aryl methyl sites for hydroxylation is 1. The Morgan fingerprint density at radius 3 is 1.94 bits per heavy atom. The minimum absolute atomic E-state index is 0. The molecule has 0 unspecified atom stereocenters. The zero-order valence-electron chi connectivity index (χ0n) is 19.8. The van der Waals surface area contributed by atoms with Crippen LogP contribution in [0.5, 0.6) is 0 Å². The fraction of sp³-hybridized carbons (Fsp3) is 0.625. The van der Waals surface area contributed by atoms with Crippen LogP contribution in [0.3, 0.4) is 0 Å². The van der Waals surface area contributed by atoms with Crippen molar-refractivity contribution in [2.75, 3.05) is 14.1 Å². The Morgan fingerprint density at radius 1 is 0.906 bits per heavy atom. The fourth-order valence-corrected chi connectivity index (χ4v) is 5.29. The SMILES string of the molecule is CCCCCCCCCCCC[n+]1cc(CCl)n(S(=O)(=O)N(C)C)c1-c1ccccc1.[Cl-]. The van der Waals surface area contributed by atoms with Crippen LogP contribution in [-0.4, -0.2) is 30.8 Å². The van der Waals surface area contributed by atoms with Crippen LogP contribution in [0.2, 0.25) is 0 Å². The van der Waals surface area contributed by atoms with Gasteiger partial charge < -0.3 is 12.4 Å². The molecule has 1 aromatic carbocycles. The molecule has 8 heteroatoms. The molecule has 0 radical (unpaired) electrons. The van der Waals surface area contributed by atoms with E-state index in [4.69, 9.17) is 11.6 Å². The molecule has 1 aromatic heterocycles. The van der Waals surface area contributed by atoms with E-state index in [-0.39, 0.29) is 18.3 Å². The van der Waals surface area contributed by atoms with Crippen molar-refractivity contribution in [1.82, 2.24) is 8.28 Å². The first-order valence-electron chi connectivity index (χ1n) is 11.6. The average molecular weight is 505 g/mol. The molecule has 32 heavy (non-hydrogen) atoms. The normalized spacial score (nSPS) is 11.7. The second-order valence-corrected chi connectivity index (χ2v) is 10.6.